The van der Waals surface area contributed by atoms with E-state index >= 15 is 0 Å². The third-order valence-electron chi connectivity index (χ3n) is 3.72. The number of nitrogens with one attached hydrogen (secondary N) is 1. The number of rotatable bonds is 4. The van der Waals surface area contributed by atoms with Crippen molar-refractivity contribution in [3.8, 4) is 0 Å². The Hall–Kier alpha value is -1.84. The van der Waals surface area contributed by atoms with Crippen LogP contribution in [0.4, 0.5) is 0 Å². The minimum absolute atomic E-state index is 0.0254. The van der Waals surface area contributed by atoms with Crippen LogP contribution >= 0.6 is 0 Å². The van der Waals surface area contributed by atoms with Gasteiger partial charge in [-0.2, -0.15) is 0 Å². The molecule has 0 aliphatic heterocycles. The SMILES string of the molecule is CC(CNC(=O)C1CCc2ccccc2C1)C(=O)O. The maximum absolute atomic E-state index is 12.0. The van der Waals surface area contributed by atoms with E-state index in [-0.39, 0.29) is 18.4 Å². The number of carboxylic acids is 1. The third kappa shape index (κ3) is 3.34. The Labute approximate surface area is 112 Å². The van der Waals surface area contributed by atoms with Gasteiger partial charge in [-0.1, -0.05) is 31.2 Å². The van der Waals surface area contributed by atoms with Crippen LogP contribution in [-0.4, -0.2) is 23.5 Å². The van der Waals surface area contributed by atoms with Gasteiger partial charge in [0.05, 0.1) is 5.92 Å². The quantitative estimate of drug-likeness (QED) is 0.865. The van der Waals surface area contributed by atoms with Crippen molar-refractivity contribution in [2.75, 3.05) is 6.54 Å². The molecule has 1 aliphatic carbocycles. The summed E-state index contributed by atoms with van der Waals surface area (Å²) in [5, 5.41) is 11.5. The number of carbonyl (C=O) groups is 2. The summed E-state index contributed by atoms with van der Waals surface area (Å²) >= 11 is 0. The smallest absolute Gasteiger partial charge is 0.308 e. The highest BCUT2D eigenvalue weighted by molar-refractivity contribution is 5.80. The van der Waals surface area contributed by atoms with Gasteiger partial charge in [0.25, 0.3) is 0 Å². The van der Waals surface area contributed by atoms with Gasteiger partial charge in [-0.15, -0.1) is 0 Å². The Bertz CT molecular complexity index is 484. The number of aliphatic carboxylic acids is 1. The molecule has 0 saturated carbocycles. The molecule has 0 spiro atoms. The van der Waals surface area contributed by atoms with E-state index in [1.165, 1.54) is 11.1 Å². The molecule has 1 aliphatic rings. The second-order valence-corrected chi connectivity index (χ2v) is 5.19. The largest absolute Gasteiger partial charge is 0.481 e. The molecule has 19 heavy (non-hydrogen) atoms. The summed E-state index contributed by atoms with van der Waals surface area (Å²) in [4.78, 5) is 22.7. The molecule has 2 N–H and O–H groups in total. The first-order valence-electron chi connectivity index (χ1n) is 6.65. The van der Waals surface area contributed by atoms with Crippen molar-refractivity contribution in [2.24, 2.45) is 11.8 Å². The molecule has 2 atom stereocenters. The molecule has 1 aromatic rings. The van der Waals surface area contributed by atoms with E-state index < -0.39 is 11.9 Å². The van der Waals surface area contributed by atoms with Crippen LogP contribution in [-0.2, 0) is 22.4 Å². The molecule has 4 heteroatoms. The zero-order valence-corrected chi connectivity index (χ0v) is 11.1. The highest BCUT2D eigenvalue weighted by Gasteiger charge is 2.24. The zero-order chi connectivity index (χ0) is 13.8. The summed E-state index contributed by atoms with van der Waals surface area (Å²) in [5.41, 5.74) is 2.56. The molecule has 2 unspecified atom stereocenters. The van der Waals surface area contributed by atoms with Crippen LogP contribution < -0.4 is 5.32 Å². The lowest BCUT2D eigenvalue weighted by molar-refractivity contribution is -0.141. The van der Waals surface area contributed by atoms with Gasteiger partial charge in [0.2, 0.25) is 5.91 Å². The molecule has 2 rings (SSSR count). The number of fused-ring (bicyclic) bond motifs is 1. The average molecular weight is 261 g/mol. The molecule has 0 bridgehead atoms. The van der Waals surface area contributed by atoms with E-state index in [0.29, 0.717) is 0 Å². The minimum Gasteiger partial charge on any atom is -0.481 e. The summed E-state index contributed by atoms with van der Waals surface area (Å²) in [6.07, 6.45) is 2.51. The highest BCUT2D eigenvalue weighted by Crippen LogP contribution is 2.25. The van der Waals surface area contributed by atoms with Crippen LogP contribution in [0.1, 0.15) is 24.5 Å². The number of hydrogen-bond acceptors (Lipinski definition) is 2. The molecule has 1 amide bonds. The van der Waals surface area contributed by atoms with Crippen LogP contribution in [0.15, 0.2) is 24.3 Å². The van der Waals surface area contributed by atoms with Crippen LogP contribution in [0.25, 0.3) is 0 Å². The van der Waals surface area contributed by atoms with Gasteiger partial charge in [-0.25, -0.2) is 0 Å². The third-order valence-corrected chi connectivity index (χ3v) is 3.72. The molecule has 0 radical (unpaired) electrons. The van der Waals surface area contributed by atoms with Gasteiger partial charge in [-0.05, 0) is 30.4 Å². The molecule has 4 nitrogen and oxygen atoms in total. The monoisotopic (exact) mass is 261 g/mol. The van der Waals surface area contributed by atoms with Crippen molar-refractivity contribution in [3.05, 3.63) is 35.4 Å². The molecule has 102 valence electrons. The lowest BCUT2D eigenvalue weighted by Crippen LogP contribution is -2.37. The Morgan fingerprint density at radius 3 is 2.74 bits per heavy atom. The second-order valence-electron chi connectivity index (χ2n) is 5.19. The van der Waals surface area contributed by atoms with Crippen molar-refractivity contribution in [2.45, 2.75) is 26.2 Å². The van der Waals surface area contributed by atoms with Crippen molar-refractivity contribution < 1.29 is 14.7 Å². The van der Waals surface area contributed by atoms with E-state index in [4.69, 9.17) is 5.11 Å². The standard InChI is InChI=1S/C15H19NO3/c1-10(15(18)19)9-16-14(17)13-7-6-11-4-2-3-5-12(11)8-13/h2-5,10,13H,6-9H2,1H3,(H,16,17)(H,18,19). The molecule has 1 aromatic carbocycles. The van der Waals surface area contributed by atoms with Crippen LogP contribution in [0.3, 0.4) is 0 Å². The molecule has 0 heterocycles. The number of amides is 1. The van der Waals surface area contributed by atoms with Crippen molar-refractivity contribution in [1.82, 2.24) is 5.32 Å². The first kappa shape index (κ1) is 13.6. The van der Waals surface area contributed by atoms with E-state index in [1.54, 1.807) is 6.92 Å². The fourth-order valence-electron chi connectivity index (χ4n) is 2.41. The predicted molar refractivity (Wildman–Crippen MR) is 71.8 cm³/mol. The Morgan fingerprint density at radius 1 is 1.37 bits per heavy atom. The fraction of sp³-hybridized carbons (Fsp3) is 0.467. The highest BCUT2D eigenvalue weighted by atomic mass is 16.4. The number of carbonyl (C=O) groups excluding carboxylic acids is 1. The topological polar surface area (TPSA) is 66.4 Å². The van der Waals surface area contributed by atoms with Gasteiger partial charge < -0.3 is 10.4 Å². The Balaban J connectivity index is 1.90. The van der Waals surface area contributed by atoms with Crippen molar-refractivity contribution in [1.29, 1.82) is 0 Å². The molecule has 0 fully saturated rings. The van der Waals surface area contributed by atoms with E-state index in [2.05, 4.69) is 17.4 Å². The average Bonchev–Trinajstić information content (AvgIpc) is 2.43. The summed E-state index contributed by atoms with van der Waals surface area (Å²) < 4.78 is 0. The molecular formula is C15H19NO3. The van der Waals surface area contributed by atoms with E-state index in [1.807, 2.05) is 12.1 Å². The lowest BCUT2D eigenvalue weighted by atomic mass is 9.83. The zero-order valence-electron chi connectivity index (χ0n) is 11.1. The van der Waals surface area contributed by atoms with Crippen LogP contribution in [0.5, 0.6) is 0 Å². The van der Waals surface area contributed by atoms with Crippen molar-refractivity contribution >= 4 is 11.9 Å². The minimum atomic E-state index is -0.880. The van der Waals surface area contributed by atoms with Gasteiger partial charge in [0.15, 0.2) is 0 Å². The number of aryl methyl sites for hydroxylation is 1. The maximum Gasteiger partial charge on any atom is 0.308 e. The Morgan fingerprint density at radius 2 is 2.05 bits per heavy atom. The van der Waals surface area contributed by atoms with E-state index in [0.717, 1.165) is 19.3 Å². The van der Waals surface area contributed by atoms with Gasteiger partial charge in [0, 0.05) is 12.5 Å². The number of hydrogen-bond donors (Lipinski definition) is 2. The van der Waals surface area contributed by atoms with Crippen LogP contribution in [0.2, 0.25) is 0 Å². The normalized spacial score (nSPS) is 19.3. The summed E-state index contributed by atoms with van der Waals surface area (Å²) in [7, 11) is 0. The maximum atomic E-state index is 12.0. The van der Waals surface area contributed by atoms with E-state index in [9.17, 15) is 9.59 Å². The summed E-state index contributed by atoms with van der Waals surface area (Å²) in [6, 6.07) is 8.18. The first-order valence-corrected chi connectivity index (χ1v) is 6.65. The summed E-state index contributed by atoms with van der Waals surface area (Å²) in [5.74, 6) is -1.48. The number of benzene rings is 1. The van der Waals surface area contributed by atoms with Crippen LogP contribution in [0, 0.1) is 11.8 Å². The summed E-state index contributed by atoms with van der Waals surface area (Å²) in [6.45, 7) is 1.80. The lowest BCUT2D eigenvalue weighted by Gasteiger charge is -2.24. The van der Waals surface area contributed by atoms with Gasteiger partial charge in [-0.3, -0.25) is 9.59 Å². The second kappa shape index (κ2) is 5.87. The van der Waals surface area contributed by atoms with Crippen molar-refractivity contribution in [3.63, 3.8) is 0 Å². The van der Waals surface area contributed by atoms with Gasteiger partial charge in [0.1, 0.15) is 0 Å². The number of carboxylic acid groups (broad SMARTS) is 1. The van der Waals surface area contributed by atoms with Gasteiger partial charge >= 0.3 is 5.97 Å². The molecule has 0 aromatic heterocycles. The Kier molecular flexibility index (Phi) is 4.20. The fourth-order valence-corrected chi connectivity index (χ4v) is 2.41. The predicted octanol–water partition coefficient (Wildman–Crippen LogP) is 1.63. The molecule has 0 saturated heterocycles. The molecular weight excluding hydrogens is 242 g/mol. The first-order chi connectivity index (χ1) is 9.08.